The van der Waals surface area contributed by atoms with Gasteiger partial charge in [-0.05, 0) is 38.1 Å². The summed E-state index contributed by atoms with van der Waals surface area (Å²) in [4.78, 5) is 36.5. The standard InChI is InChI=1S/C22H20N4O5/c1-14-21(15(2)26(24-14)16-8-4-3-5-9-16)23-19(27)13-30-20(28)12-25-17-10-6-7-11-18(17)31-22(25)29/h3-11H,12-13H2,1-2H3,(H,23,27). The molecule has 1 amide bonds. The molecule has 2 aromatic carbocycles. The molecule has 2 aromatic heterocycles. The number of carbonyl (C=O) groups is 2. The molecule has 1 N–H and O–H groups in total. The van der Waals surface area contributed by atoms with Crippen molar-refractivity contribution in [2.24, 2.45) is 0 Å². The molecular formula is C22H20N4O5. The van der Waals surface area contributed by atoms with Crippen molar-refractivity contribution in [2.75, 3.05) is 11.9 Å². The van der Waals surface area contributed by atoms with Gasteiger partial charge in [-0.15, -0.1) is 0 Å². The zero-order valence-electron chi connectivity index (χ0n) is 17.0. The Labute approximate surface area is 176 Å². The summed E-state index contributed by atoms with van der Waals surface area (Å²) in [5, 5.41) is 7.20. The van der Waals surface area contributed by atoms with Gasteiger partial charge in [0.1, 0.15) is 6.54 Å². The molecule has 4 aromatic rings. The van der Waals surface area contributed by atoms with Gasteiger partial charge in [0, 0.05) is 0 Å². The summed E-state index contributed by atoms with van der Waals surface area (Å²) in [5.74, 6) is -1.89. The molecule has 2 heterocycles. The summed E-state index contributed by atoms with van der Waals surface area (Å²) in [6, 6.07) is 16.3. The number of hydrogen-bond donors (Lipinski definition) is 1. The molecular weight excluding hydrogens is 400 g/mol. The van der Waals surface area contributed by atoms with Crippen molar-refractivity contribution in [1.29, 1.82) is 0 Å². The van der Waals surface area contributed by atoms with Crippen LogP contribution in [0.4, 0.5) is 5.69 Å². The van der Waals surface area contributed by atoms with E-state index in [-0.39, 0.29) is 6.54 Å². The molecule has 0 radical (unpaired) electrons. The molecule has 31 heavy (non-hydrogen) atoms. The second-order valence-corrected chi connectivity index (χ2v) is 6.92. The Balaban J connectivity index is 1.39. The topological polar surface area (TPSA) is 108 Å². The first-order valence-corrected chi connectivity index (χ1v) is 9.59. The SMILES string of the molecule is Cc1nn(-c2ccccc2)c(C)c1NC(=O)COC(=O)Cn1c(=O)oc2ccccc21. The third-order valence-corrected chi connectivity index (χ3v) is 4.78. The van der Waals surface area contributed by atoms with E-state index in [9.17, 15) is 14.4 Å². The smallest absolute Gasteiger partial charge is 0.420 e. The maximum Gasteiger partial charge on any atom is 0.420 e. The predicted molar refractivity (Wildman–Crippen MR) is 113 cm³/mol. The lowest BCUT2D eigenvalue weighted by Crippen LogP contribution is -2.26. The maximum atomic E-state index is 12.3. The van der Waals surface area contributed by atoms with Crippen molar-refractivity contribution in [3.8, 4) is 5.69 Å². The van der Waals surface area contributed by atoms with Crippen LogP contribution in [-0.2, 0) is 20.9 Å². The number of hydrogen-bond acceptors (Lipinski definition) is 6. The molecule has 0 unspecified atom stereocenters. The summed E-state index contributed by atoms with van der Waals surface area (Å²) in [5.41, 5.74) is 3.67. The minimum atomic E-state index is -0.725. The maximum absolute atomic E-state index is 12.3. The predicted octanol–water partition coefficient (Wildman–Crippen LogP) is 2.58. The second-order valence-electron chi connectivity index (χ2n) is 6.92. The number of esters is 1. The van der Waals surface area contributed by atoms with Crippen LogP contribution >= 0.6 is 0 Å². The number of nitrogens with zero attached hydrogens (tertiary/aromatic N) is 3. The summed E-state index contributed by atoms with van der Waals surface area (Å²) < 4.78 is 13.0. The van der Waals surface area contributed by atoms with Crippen molar-refractivity contribution in [3.63, 3.8) is 0 Å². The average Bonchev–Trinajstić information content (AvgIpc) is 3.23. The fourth-order valence-corrected chi connectivity index (χ4v) is 3.30. The highest BCUT2D eigenvalue weighted by molar-refractivity contribution is 5.94. The Kier molecular flexibility index (Phi) is 5.40. The Morgan fingerprint density at radius 3 is 2.55 bits per heavy atom. The number of fused-ring (bicyclic) bond motifs is 1. The zero-order chi connectivity index (χ0) is 22.0. The molecule has 158 valence electrons. The summed E-state index contributed by atoms with van der Waals surface area (Å²) in [7, 11) is 0. The summed E-state index contributed by atoms with van der Waals surface area (Å²) in [6.45, 7) is 2.78. The number of carbonyl (C=O) groups excluding carboxylic acids is 2. The van der Waals surface area contributed by atoms with Crippen LogP contribution in [-0.4, -0.2) is 32.8 Å². The second kappa shape index (κ2) is 8.31. The lowest BCUT2D eigenvalue weighted by Gasteiger charge is -2.08. The normalized spacial score (nSPS) is 10.9. The van der Waals surface area contributed by atoms with E-state index in [1.165, 1.54) is 0 Å². The molecule has 0 aliphatic heterocycles. The van der Waals surface area contributed by atoms with E-state index in [2.05, 4.69) is 10.4 Å². The molecule has 0 atom stereocenters. The number of amides is 1. The largest absolute Gasteiger partial charge is 0.454 e. The number of anilines is 1. The quantitative estimate of drug-likeness (QED) is 0.480. The van der Waals surface area contributed by atoms with Gasteiger partial charge in [-0.25, -0.2) is 9.48 Å². The van der Waals surface area contributed by atoms with Crippen molar-refractivity contribution in [2.45, 2.75) is 20.4 Å². The number of aromatic nitrogens is 3. The van der Waals surface area contributed by atoms with E-state index < -0.39 is 24.2 Å². The number of nitrogens with one attached hydrogen (secondary N) is 1. The molecule has 0 aliphatic carbocycles. The van der Waals surface area contributed by atoms with E-state index in [1.54, 1.807) is 35.9 Å². The van der Waals surface area contributed by atoms with Gasteiger partial charge < -0.3 is 14.5 Å². The van der Waals surface area contributed by atoms with Gasteiger partial charge in [0.05, 0.1) is 28.3 Å². The van der Waals surface area contributed by atoms with Crippen LogP contribution in [0.2, 0.25) is 0 Å². The van der Waals surface area contributed by atoms with E-state index in [4.69, 9.17) is 9.15 Å². The lowest BCUT2D eigenvalue weighted by atomic mass is 10.3. The minimum Gasteiger partial charge on any atom is -0.454 e. The highest BCUT2D eigenvalue weighted by Gasteiger charge is 2.17. The molecule has 0 bridgehead atoms. The summed E-state index contributed by atoms with van der Waals surface area (Å²) in [6.07, 6.45) is 0. The first kappa shape index (κ1) is 20.1. The minimum absolute atomic E-state index is 0.354. The lowest BCUT2D eigenvalue weighted by molar-refractivity contribution is -0.147. The highest BCUT2D eigenvalue weighted by Crippen LogP contribution is 2.22. The van der Waals surface area contributed by atoms with Gasteiger partial charge in [0.2, 0.25) is 0 Å². The third kappa shape index (κ3) is 4.11. The van der Waals surface area contributed by atoms with Crippen LogP contribution < -0.4 is 11.1 Å². The first-order chi connectivity index (χ1) is 14.9. The Morgan fingerprint density at radius 2 is 1.77 bits per heavy atom. The highest BCUT2D eigenvalue weighted by atomic mass is 16.5. The number of benzene rings is 2. The molecule has 0 fully saturated rings. The monoisotopic (exact) mass is 420 g/mol. The Hall–Kier alpha value is -4.14. The van der Waals surface area contributed by atoms with Gasteiger partial charge in [-0.2, -0.15) is 5.10 Å². The van der Waals surface area contributed by atoms with E-state index >= 15 is 0 Å². The molecule has 9 heteroatoms. The fraction of sp³-hybridized carbons (Fsp3) is 0.182. The van der Waals surface area contributed by atoms with Gasteiger partial charge >= 0.3 is 11.7 Å². The summed E-state index contributed by atoms with van der Waals surface area (Å²) >= 11 is 0. The number of para-hydroxylation sites is 3. The van der Waals surface area contributed by atoms with Crippen molar-refractivity contribution in [1.82, 2.24) is 14.3 Å². The van der Waals surface area contributed by atoms with Crippen LogP contribution in [0, 0.1) is 13.8 Å². The van der Waals surface area contributed by atoms with Crippen LogP contribution in [0.5, 0.6) is 0 Å². The fourth-order valence-electron chi connectivity index (χ4n) is 3.30. The molecule has 0 spiro atoms. The van der Waals surface area contributed by atoms with Gasteiger partial charge in [-0.3, -0.25) is 14.2 Å². The molecule has 0 saturated heterocycles. The molecule has 0 aliphatic rings. The number of aryl methyl sites for hydroxylation is 1. The zero-order valence-corrected chi connectivity index (χ0v) is 17.0. The van der Waals surface area contributed by atoms with Crippen molar-refractivity contribution < 1.29 is 18.7 Å². The van der Waals surface area contributed by atoms with Crippen molar-refractivity contribution >= 4 is 28.7 Å². The number of rotatable bonds is 6. The van der Waals surface area contributed by atoms with E-state index in [1.807, 2.05) is 37.3 Å². The first-order valence-electron chi connectivity index (χ1n) is 9.59. The van der Waals surface area contributed by atoms with Gasteiger partial charge in [0.25, 0.3) is 5.91 Å². The van der Waals surface area contributed by atoms with Gasteiger partial charge in [-0.1, -0.05) is 30.3 Å². The average molecular weight is 420 g/mol. The Morgan fingerprint density at radius 1 is 1.06 bits per heavy atom. The molecule has 0 saturated carbocycles. The molecule has 4 rings (SSSR count). The van der Waals surface area contributed by atoms with Crippen LogP contribution in [0.3, 0.4) is 0 Å². The van der Waals surface area contributed by atoms with Crippen molar-refractivity contribution in [3.05, 3.63) is 76.5 Å². The number of ether oxygens (including phenoxy) is 1. The van der Waals surface area contributed by atoms with Crippen LogP contribution in [0.25, 0.3) is 16.8 Å². The van der Waals surface area contributed by atoms with Gasteiger partial charge in [0.15, 0.2) is 12.2 Å². The number of oxazole rings is 1. The molecule has 9 nitrogen and oxygen atoms in total. The van der Waals surface area contributed by atoms with Crippen LogP contribution in [0.15, 0.2) is 63.8 Å². The van der Waals surface area contributed by atoms with E-state index in [0.717, 1.165) is 15.9 Å². The Bertz CT molecular complexity index is 1320. The van der Waals surface area contributed by atoms with Crippen LogP contribution in [0.1, 0.15) is 11.4 Å². The van der Waals surface area contributed by atoms with E-state index in [0.29, 0.717) is 22.5 Å². The third-order valence-electron chi connectivity index (χ3n) is 4.78.